The summed E-state index contributed by atoms with van der Waals surface area (Å²) in [5, 5.41) is 3.34. The lowest BCUT2D eigenvalue weighted by Gasteiger charge is -2.35. The first-order valence-electron chi connectivity index (χ1n) is 6.68. The van der Waals surface area contributed by atoms with Crippen LogP contribution < -0.4 is 15.8 Å². The van der Waals surface area contributed by atoms with Crippen LogP contribution in [0.1, 0.15) is 20.3 Å². The van der Waals surface area contributed by atoms with Crippen LogP contribution in [0.25, 0.3) is 0 Å². The Balaban J connectivity index is 2.05. The number of aromatic nitrogens is 3. The molecule has 1 saturated heterocycles. The van der Waals surface area contributed by atoms with Gasteiger partial charge in [0.05, 0.1) is 6.61 Å². The zero-order valence-electron chi connectivity index (χ0n) is 11.8. The molecule has 2 atom stereocenters. The fraction of sp³-hybridized carbons (Fsp3) is 0.750. The van der Waals surface area contributed by atoms with Crippen LogP contribution in [0.3, 0.4) is 0 Å². The molecule has 2 rings (SSSR count). The zero-order chi connectivity index (χ0) is 13.8. The number of nitrogens with two attached hydrogens (primary N) is 1. The molecule has 3 N–H and O–H groups in total. The van der Waals surface area contributed by atoms with E-state index in [0.717, 1.165) is 19.5 Å². The number of rotatable bonds is 4. The number of likely N-dealkylation sites (tertiary alicyclic amines) is 1. The van der Waals surface area contributed by atoms with E-state index in [0.29, 0.717) is 24.5 Å². The monoisotopic (exact) mass is 266 g/mol. The Hall–Kier alpha value is -1.63. The third-order valence-corrected chi connectivity index (χ3v) is 3.33. The van der Waals surface area contributed by atoms with E-state index in [-0.39, 0.29) is 12.0 Å². The summed E-state index contributed by atoms with van der Waals surface area (Å²) >= 11 is 0. The van der Waals surface area contributed by atoms with Crippen molar-refractivity contribution in [2.24, 2.45) is 5.92 Å². The van der Waals surface area contributed by atoms with Gasteiger partial charge in [-0.1, -0.05) is 6.92 Å². The summed E-state index contributed by atoms with van der Waals surface area (Å²) in [7, 11) is 2.14. The fourth-order valence-corrected chi connectivity index (χ4v) is 2.36. The lowest BCUT2D eigenvalue weighted by molar-refractivity contribution is 0.205. The SMILES string of the molecule is CCOc1nc(N)nc(NC2CCN(C)CC2C)n1. The topological polar surface area (TPSA) is 89.2 Å². The first-order chi connectivity index (χ1) is 9.08. The largest absolute Gasteiger partial charge is 0.464 e. The summed E-state index contributed by atoms with van der Waals surface area (Å²) in [4.78, 5) is 14.6. The van der Waals surface area contributed by atoms with E-state index >= 15 is 0 Å². The number of hydrogen-bond acceptors (Lipinski definition) is 7. The molecule has 1 aromatic heterocycles. The van der Waals surface area contributed by atoms with Crippen molar-refractivity contribution in [3.63, 3.8) is 0 Å². The van der Waals surface area contributed by atoms with Gasteiger partial charge in [0.2, 0.25) is 11.9 Å². The van der Waals surface area contributed by atoms with Crippen molar-refractivity contribution in [3.05, 3.63) is 0 Å². The van der Waals surface area contributed by atoms with E-state index < -0.39 is 0 Å². The molecule has 1 aliphatic rings. The van der Waals surface area contributed by atoms with Crippen LogP contribution in [-0.4, -0.2) is 52.6 Å². The van der Waals surface area contributed by atoms with Gasteiger partial charge in [0.25, 0.3) is 0 Å². The van der Waals surface area contributed by atoms with E-state index in [4.69, 9.17) is 10.5 Å². The highest BCUT2D eigenvalue weighted by molar-refractivity contribution is 5.33. The smallest absolute Gasteiger partial charge is 0.323 e. The van der Waals surface area contributed by atoms with Gasteiger partial charge in [0.15, 0.2) is 0 Å². The Morgan fingerprint density at radius 1 is 1.42 bits per heavy atom. The van der Waals surface area contributed by atoms with Crippen molar-refractivity contribution in [2.45, 2.75) is 26.3 Å². The van der Waals surface area contributed by atoms with Crippen LogP contribution in [0.5, 0.6) is 6.01 Å². The second-order valence-corrected chi connectivity index (χ2v) is 5.01. The summed E-state index contributed by atoms with van der Waals surface area (Å²) in [6.45, 7) is 6.75. The molecule has 106 valence electrons. The maximum absolute atomic E-state index is 5.66. The first-order valence-corrected chi connectivity index (χ1v) is 6.68. The zero-order valence-corrected chi connectivity index (χ0v) is 11.8. The van der Waals surface area contributed by atoms with E-state index in [2.05, 4.69) is 39.1 Å². The predicted octanol–water partition coefficient (Wildman–Crippen LogP) is 0.605. The maximum atomic E-state index is 5.66. The molecule has 2 unspecified atom stereocenters. The number of piperidine rings is 1. The van der Waals surface area contributed by atoms with Crippen LogP contribution in [0.2, 0.25) is 0 Å². The van der Waals surface area contributed by atoms with E-state index in [1.165, 1.54) is 0 Å². The molecule has 1 aromatic rings. The highest BCUT2D eigenvalue weighted by Crippen LogP contribution is 2.19. The quantitative estimate of drug-likeness (QED) is 0.825. The normalized spacial score (nSPS) is 24.2. The lowest BCUT2D eigenvalue weighted by Crippen LogP contribution is -2.43. The maximum Gasteiger partial charge on any atom is 0.323 e. The molecular formula is C12H22N6O. The second kappa shape index (κ2) is 6.01. The van der Waals surface area contributed by atoms with Crippen LogP contribution in [0.15, 0.2) is 0 Å². The van der Waals surface area contributed by atoms with Crippen molar-refractivity contribution < 1.29 is 4.74 Å². The molecule has 0 saturated carbocycles. The molecule has 0 bridgehead atoms. The predicted molar refractivity (Wildman–Crippen MR) is 74.1 cm³/mol. The Bertz CT molecular complexity index is 427. The number of anilines is 2. The Labute approximate surface area is 113 Å². The standard InChI is InChI=1S/C12H22N6O/c1-4-19-12-16-10(13)15-11(17-12)14-9-5-6-18(3)7-8(9)2/h8-9H,4-7H2,1-3H3,(H3,13,14,15,16,17). The molecule has 7 nitrogen and oxygen atoms in total. The van der Waals surface area contributed by atoms with Crippen molar-refractivity contribution in [1.82, 2.24) is 19.9 Å². The van der Waals surface area contributed by atoms with Crippen LogP contribution in [0, 0.1) is 5.92 Å². The van der Waals surface area contributed by atoms with Gasteiger partial charge >= 0.3 is 6.01 Å². The molecule has 19 heavy (non-hydrogen) atoms. The molecule has 7 heteroatoms. The average Bonchev–Trinajstić information content (AvgIpc) is 2.32. The Kier molecular flexibility index (Phi) is 4.36. The summed E-state index contributed by atoms with van der Waals surface area (Å²) in [5.74, 6) is 1.21. The number of hydrogen-bond donors (Lipinski definition) is 2. The minimum Gasteiger partial charge on any atom is -0.464 e. The van der Waals surface area contributed by atoms with Crippen LogP contribution in [-0.2, 0) is 0 Å². The molecule has 0 aliphatic carbocycles. The third-order valence-electron chi connectivity index (χ3n) is 3.33. The van der Waals surface area contributed by atoms with Crippen LogP contribution in [0.4, 0.5) is 11.9 Å². The first kappa shape index (κ1) is 13.8. The van der Waals surface area contributed by atoms with Crippen molar-refractivity contribution >= 4 is 11.9 Å². The van der Waals surface area contributed by atoms with Gasteiger partial charge in [0.1, 0.15) is 0 Å². The molecule has 0 spiro atoms. The summed E-state index contributed by atoms with van der Waals surface area (Å²) in [6.07, 6.45) is 1.06. The van der Waals surface area contributed by atoms with Crippen molar-refractivity contribution in [1.29, 1.82) is 0 Å². The minimum absolute atomic E-state index is 0.182. The number of ether oxygens (including phenoxy) is 1. The number of nitrogens with one attached hydrogen (secondary N) is 1. The molecule has 0 amide bonds. The minimum atomic E-state index is 0.182. The molecule has 1 fully saturated rings. The third kappa shape index (κ3) is 3.66. The number of nitrogen functional groups attached to an aromatic ring is 1. The van der Waals surface area contributed by atoms with E-state index in [1.54, 1.807) is 0 Å². The second-order valence-electron chi connectivity index (χ2n) is 5.01. The summed E-state index contributed by atoms with van der Waals surface area (Å²) < 4.78 is 5.27. The molecule has 0 radical (unpaired) electrons. The molecule has 0 aromatic carbocycles. The molecule has 1 aliphatic heterocycles. The van der Waals surface area contributed by atoms with Crippen LogP contribution >= 0.6 is 0 Å². The average molecular weight is 266 g/mol. The van der Waals surface area contributed by atoms with E-state index in [1.807, 2.05) is 6.92 Å². The van der Waals surface area contributed by atoms with Gasteiger partial charge in [-0.3, -0.25) is 0 Å². The van der Waals surface area contributed by atoms with Crippen molar-refractivity contribution in [3.8, 4) is 6.01 Å². The Morgan fingerprint density at radius 3 is 2.89 bits per heavy atom. The lowest BCUT2D eigenvalue weighted by atomic mass is 9.94. The van der Waals surface area contributed by atoms with Gasteiger partial charge in [-0.15, -0.1) is 0 Å². The van der Waals surface area contributed by atoms with Gasteiger partial charge in [-0.2, -0.15) is 15.0 Å². The highest BCUT2D eigenvalue weighted by Gasteiger charge is 2.24. The molecular weight excluding hydrogens is 244 g/mol. The Morgan fingerprint density at radius 2 is 2.21 bits per heavy atom. The van der Waals surface area contributed by atoms with Gasteiger partial charge in [0, 0.05) is 12.6 Å². The molecule has 2 heterocycles. The van der Waals surface area contributed by atoms with E-state index in [9.17, 15) is 0 Å². The van der Waals surface area contributed by atoms with Gasteiger partial charge < -0.3 is 20.7 Å². The fourth-order valence-electron chi connectivity index (χ4n) is 2.36. The summed E-state index contributed by atoms with van der Waals surface area (Å²) in [6, 6.07) is 0.630. The number of nitrogens with zero attached hydrogens (tertiary/aromatic N) is 4. The highest BCUT2D eigenvalue weighted by atomic mass is 16.5. The van der Waals surface area contributed by atoms with Crippen molar-refractivity contribution in [2.75, 3.05) is 37.8 Å². The van der Waals surface area contributed by atoms with Gasteiger partial charge in [-0.25, -0.2) is 0 Å². The summed E-state index contributed by atoms with van der Waals surface area (Å²) in [5.41, 5.74) is 5.66. The van der Waals surface area contributed by atoms with Gasteiger partial charge in [-0.05, 0) is 32.9 Å².